The van der Waals surface area contributed by atoms with E-state index in [9.17, 15) is 14.4 Å². The van der Waals surface area contributed by atoms with Gasteiger partial charge in [-0.1, -0.05) is 0 Å². The van der Waals surface area contributed by atoms with Gasteiger partial charge in [-0.2, -0.15) is 0 Å². The molecule has 7 nitrogen and oxygen atoms in total. The van der Waals surface area contributed by atoms with Gasteiger partial charge in [-0.05, 0) is 0 Å². The van der Waals surface area contributed by atoms with E-state index in [0.29, 0.717) is 31.2 Å². The molecule has 3 amide bonds. The van der Waals surface area contributed by atoms with Crippen LogP contribution in [0.4, 0.5) is 4.79 Å². The minimum atomic E-state index is -0.679. The van der Waals surface area contributed by atoms with E-state index in [4.69, 9.17) is 12.8 Å². The van der Waals surface area contributed by atoms with Crippen LogP contribution in [0, 0.1) is 0 Å². The zero-order valence-electron chi connectivity index (χ0n) is 9.29. The third kappa shape index (κ3) is 2.58. The number of nitrogens with zero attached hydrogens (tertiary/aromatic N) is 3. The second-order valence-corrected chi connectivity index (χ2v) is 3.96. The van der Waals surface area contributed by atoms with Gasteiger partial charge in [0.15, 0.2) is 7.98 Å². The van der Waals surface area contributed by atoms with Crippen LogP contribution in [0.15, 0.2) is 0 Å². The summed E-state index contributed by atoms with van der Waals surface area (Å²) >= 11 is 0. The fourth-order valence-corrected chi connectivity index (χ4v) is 1.70. The molecule has 0 N–H and O–H groups in total. The van der Waals surface area contributed by atoms with Crippen molar-refractivity contribution in [3.05, 3.63) is 0 Å². The number of rotatable bonds is 1. The molecule has 0 unspecified atom stereocenters. The molecule has 0 aliphatic carbocycles. The van der Waals surface area contributed by atoms with E-state index in [-0.39, 0.29) is 12.8 Å². The fourth-order valence-electron chi connectivity index (χ4n) is 1.70. The predicted molar refractivity (Wildman–Crippen MR) is 56.5 cm³/mol. The summed E-state index contributed by atoms with van der Waals surface area (Å²) in [6, 6.07) is 0. The lowest BCUT2D eigenvalue weighted by Gasteiger charge is -2.32. The molecule has 0 bridgehead atoms. The first-order valence-corrected chi connectivity index (χ1v) is 5.40. The van der Waals surface area contributed by atoms with Gasteiger partial charge in [0.25, 0.3) is 11.8 Å². The van der Waals surface area contributed by atoms with Gasteiger partial charge in [-0.15, -0.1) is 5.06 Å². The third-order valence-electron chi connectivity index (χ3n) is 2.75. The molecule has 2 rings (SSSR count). The summed E-state index contributed by atoms with van der Waals surface area (Å²) in [6.45, 7) is 1.92. The summed E-state index contributed by atoms with van der Waals surface area (Å²) in [5.41, 5.74) is 0. The van der Waals surface area contributed by atoms with Crippen molar-refractivity contribution in [3.8, 4) is 0 Å². The largest absolute Gasteiger partial charge is 0.434 e. The Labute approximate surface area is 99.7 Å². The number of imide groups is 1. The SMILES string of the molecule is [B]N1CCN(C(=O)ON2C(=O)CCC2=O)CC1. The molecule has 2 aliphatic heterocycles. The number of hydroxylamine groups is 2. The lowest BCUT2D eigenvalue weighted by molar-refractivity contribution is -0.173. The first-order valence-electron chi connectivity index (χ1n) is 5.40. The zero-order valence-corrected chi connectivity index (χ0v) is 9.29. The Morgan fingerprint density at radius 1 is 1.06 bits per heavy atom. The number of piperazine rings is 1. The smallest absolute Gasteiger partial charge is 0.351 e. The molecule has 2 saturated heterocycles. The van der Waals surface area contributed by atoms with E-state index in [1.165, 1.54) is 4.90 Å². The first-order chi connectivity index (χ1) is 8.08. The van der Waals surface area contributed by atoms with Crippen LogP contribution in [0.2, 0.25) is 0 Å². The van der Waals surface area contributed by atoms with Gasteiger partial charge in [0, 0.05) is 39.0 Å². The van der Waals surface area contributed by atoms with E-state index < -0.39 is 17.9 Å². The fraction of sp³-hybridized carbons (Fsp3) is 0.667. The molecule has 0 aromatic carbocycles. The highest BCUT2D eigenvalue weighted by Gasteiger charge is 2.34. The van der Waals surface area contributed by atoms with Crippen molar-refractivity contribution in [2.45, 2.75) is 12.8 Å². The highest BCUT2D eigenvalue weighted by molar-refractivity contribution is 6.04. The summed E-state index contributed by atoms with van der Waals surface area (Å²) in [5.74, 6) is -0.943. The van der Waals surface area contributed by atoms with Crippen LogP contribution >= 0.6 is 0 Å². The Balaban J connectivity index is 1.88. The summed E-state index contributed by atoms with van der Waals surface area (Å²) in [7, 11) is 5.54. The van der Waals surface area contributed by atoms with Crippen LogP contribution in [0.1, 0.15) is 12.8 Å². The average Bonchev–Trinajstić information content (AvgIpc) is 2.61. The van der Waals surface area contributed by atoms with Crippen LogP contribution in [-0.4, -0.2) is 66.8 Å². The van der Waals surface area contributed by atoms with Crippen molar-refractivity contribution < 1.29 is 19.2 Å². The molecule has 90 valence electrons. The van der Waals surface area contributed by atoms with Crippen LogP contribution in [0.25, 0.3) is 0 Å². The molecule has 0 atom stereocenters. The van der Waals surface area contributed by atoms with E-state index in [1.807, 2.05) is 0 Å². The van der Waals surface area contributed by atoms with Gasteiger partial charge >= 0.3 is 6.09 Å². The van der Waals surface area contributed by atoms with Crippen LogP contribution in [0.5, 0.6) is 0 Å². The Kier molecular flexibility index (Phi) is 3.32. The number of carbonyl (C=O) groups is 3. The van der Waals surface area contributed by atoms with Crippen molar-refractivity contribution in [2.75, 3.05) is 26.2 Å². The van der Waals surface area contributed by atoms with Crippen molar-refractivity contribution >= 4 is 25.9 Å². The molecule has 8 heteroatoms. The molecule has 2 aliphatic rings. The van der Waals surface area contributed by atoms with Gasteiger partial charge in [0.1, 0.15) is 0 Å². The molecule has 0 aromatic rings. The summed E-state index contributed by atoms with van der Waals surface area (Å²) in [6.07, 6.45) is -0.479. The minimum Gasteiger partial charge on any atom is -0.351 e. The monoisotopic (exact) mass is 237 g/mol. The quantitative estimate of drug-likeness (QED) is 0.427. The lowest BCUT2D eigenvalue weighted by Crippen LogP contribution is -2.49. The highest BCUT2D eigenvalue weighted by Crippen LogP contribution is 2.13. The Morgan fingerprint density at radius 3 is 2.12 bits per heavy atom. The van der Waals surface area contributed by atoms with Crippen LogP contribution in [-0.2, 0) is 14.4 Å². The number of amides is 3. The molecule has 0 aromatic heterocycles. The molecule has 0 spiro atoms. The van der Waals surface area contributed by atoms with E-state index in [2.05, 4.69) is 0 Å². The van der Waals surface area contributed by atoms with Gasteiger partial charge in [0.2, 0.25) is 0 Å². The summed E-state index contributed by atoms with van der Waals surface area (Å²) < 4.78 is 0. The van der Waals surface area contributed by atoms with Gasteiger partial charge in [-0.3, -0.25) is 9.59 Å². The molecule has 2 radical (unpaired) electrons. The summed E-state index contributed by atoms with van der Waals surface area (Å²) in [4.78, 5) is 41.9. The molecular formula is C9H12BN3O4. The normalized spacial score (nSPS) is 22.1. The number of carbonyl (C=O) groups excluding carboxylic acids is 3. The molecule has 0 saturated carbocycles. The lowest BCUT2D eigenvalue weighted by atomic mass is 10.2. The Bertz CT molecular complexity index is 338. The summed E-state index contributed by atoms with van der Waals surface area (Å²) in [5, 5.41) is 0.553. The molecule has 17 heavy (non-hydrogen) atoms. The topological polar surface area (TPSA) is 70.2 Å². The third-order valence-corrected chi connectivity index (χ3v) is 2.75. The van der Waals surface area contributed by atoms with Gasteiger partial charge in [-0.25, -0.2) is 4.79 Å². The predicted octanol–water partition coefficient (Wildman–Crippen LogP) is -1.11. The van der Waals surface area contributed by atoms with Crippen molar-refractivity contribution in [1.82, 2.24) is 14.8 Å². The average molecular weight is 237 g/mol. The second kappa shape index (κ2) is 4.74. The maximum atomic E-state index is 11.7. The van der Waals surface area contributed by atoms with Crippen molar-refractivity contribution in [3.63, 3.8) is 0 Å². The molecule has 2 fully saturated rings. The van der Waals surface area contributed by atoms with Crippen molar-refractivity contribution in [1.29, 1.82) is 0 Å². The standard InChI is InChI=1S/C9H12BN3O4/c10-12-5-3-11(4-6-12)9(16)17-13-7(14)1-2-8(13)15/h1-6H2. The van der Waals surface area contributed by atoms with Gasteiger partial charge < -0.3 is 14.5 Å². The minimum absolute atomic E-state index is 0.0999. The number of hydrogen-bond acceptors (Lipinski definition) is 5. The van der Waals surface area contributed by atoms with Crippen LogP contribution < -0.4 is 0 Å². The Morgan fingerprint density at radius 2 is 1.59 bits per heavy atom. The number of hydrogen-bond donors (Lipinski definition) is 0. The zero-order chi connectivity index (χ0) is 12.4. The highest BCUT2D eigenvalue weighted by atomic mass is 16.7. The Hall–Kier alpha value is -1.57. The van der Waals surface area contributed by atoms with E-state index in [1.54, 1.807) is 4.81 Å². The maximum absolute atomic E-state index is 11.7. The molecular weight excluding hydrogens is 225 g/mol. The second-order valence-electron chi connectivity index (χ2n) is 3.96. The molecule has 2 heterocycles. The van der Waals surface area contributed by atoms with Crippen molar-refractivity contribution in [2.24, 2.45) is 0 Å². The first kappa shape index (κ1) is 11.9. The van der Waals surface area contributed by atoms with Gasteiger partial charge in [0.05, 0.1) is 0 Å². The van der Waals surface area contributed by atoms with Crippen LogP contribution in [0.3, 0.4) is 0 Å². The van der Waals surface area contributed by atoms with E-state index >= 15 is 0 Å². The maximum Gasteiger partial charge on any atom is 0.434 e. The van der Waals surface area contributed by atoms with E-state index in [0.717, 1.165) is 0 Å².